The maximum atomic E-state index is 12.4. The van der Waals surface area contributed by atoms with Crippen LogP contribution in [0.3, 0.4) is 0 Å². The van der Waals surface area contributed by atoms with E-state index < -0.39 is 0 Å². The highest BCUT2D eigenvalue weighted by Crippen LogP contribution is 2.19. The number of amides is 1. The van der Waals surface area contributed by atoms with Crippen LogP contribution in [-0.4, -0.2) is 20.7 Å². The summed E-state index contributed by atoms with van der Waals surface area (Å²) in [6.45, 7) is 8.66. The van der Waals surface area contributed by atoms with Crippen LogP contribution >= 0.6 is 11.3 Å². The van der Waals surface area contributed by atoms with Crippen molar-refractivity contribution in [2.24, 2.45) is 0 Å². The molecule has 136 valence electrons. The highest BCUT2D eigenvalue weighted by atomic mass is 32.1. The fourth-order valence-corrected chi connectivity index (χ4v) is 3.99. The molecule has 5 nitrogen and oxygen atoms in total. The van der Waals surface area contributed by atoms with Gasteiger partial charge in [-0.25, -0.2) is 9.67 Å². The maximum absolute atomic E-state index is 12.4. The Morgan fingerprint density at radius 2 is 1.92 bits per heavy atom. The summed E-state index contributed by atoms with van der Waals surface area (Å²) >= 11 is 1.69. The second-order valence-corrected chi connectivity index (χ2v) is 7.60. The van der Waals surface area contributed by atoms with E-state index in [2.05, 4.69) is 22.3 Å². The van der Waals surface area contributed by atoms with Crippen molar-refractivity contribution in [3.8, 4) is 5.69 Å². The zero-order chi connectivity index (χ0) is 18.7. The van der Waals surface area contributed by atoms with Gasteiger partial charge >= 0.3 is 0 Å². The quantitative estimate of drug-likeness (QED) is 0.711. The van der Waals surface area contributed by atoms with Crippen molar-refractivity contribution in [2.75, 3.05) is 0 Å². The molecule has 6 heteroatoms. The average molecular weight is 369 g/mol. The minimum absolute atomic E-state index is 0.0743. The van der Waals surface area contributed by atoms with Crippen LogP contribution in [0.5, 0.6) is 0 Å². The molecular formula is C20H24N4OS. The molecule has 0 atom stereocenters. The van der Waals surface area contributed by atoms with Crippen LogP contribution in [0.15, 0.2) is 30.3 Å². The third-order valence-electron chi connectivity index (χ3n) is 4.19. The van der Waals surface area contributed by atoms with Crippen LogP contribution in [0.25, 0.3) is 5.69 Å². The molecular weight excluding hydrogens is 344 g/mol. The lowest BCUT2D eigenvalue weighted by Crippen LogP contribution is -2.22. The van der Waals surface area contributed by atoms with Crippen molar-refractivity contribution >= 4 is 17.2 Å². The van der Waals surface area contributed by atoms with E-state index in [9.17, 15) is 4.79 Å². The van der Waals surface area contributed by atoms with Crippen LogP contribution in [0.2, 0.25) is 0 Å². The van der Waals surface area contributed by atoms with Gasteiger partial charge in [0.15, 0.2) is 0 Å². The van der Waals surface area contributed by atoms with Gasteiger partial charge in [-0.1, -0.05) is 6.92 Å². The third-order valence-corrected chi connectivity index (χ3v) is 5.41. The molecule has 1 N–H and O–H groups in total. The van der Waals surface area contributed by atoms with Gasteiger partial charge in [0.25, 0.3) is 5.91 Å². The number of aryl methyl sites for hydroxylation is 4. The monoisotopic (exact) mass is 368 g/mol. The number of benzene rings is 1. The van der Waals surface area contributed by atoms with E-state index in [0.29, 0.717) is 12.1 Å². The molecule has 0 aliphatic carbocycles. The number of carbonyl (C=O) groups excluding carboxylic acids is 1. The number of nitrogens with one attached hydrogen (secondary N) is 1. The number of hydrogen-bond donors (Lipinski definition) is 1. The van der Waals surface area contributed by atoms with Crippen LogP contribution in [0.1, 0.15) is 50.7 Å². The number of nitrogens with zero attached hydrogens (tertiary/aromatic N) is 3. The first-order valence-electron chi connectivity index (χ1n) is 8.85. The van der Waals surface area contributed by atoms with E-state index in [1.165, 1.54) is 0 Å². The molecule has 0 fully saturated rings. The van der Waals surface area contributed by atoms with E-state index >= 15 is 0 Å². The normalized spacial score (nSPS) is 10.9. The van der Waals surface area contributed by atoms with Crippen molar-refractivity contribution in [3.05, 3.63) is 62.9 Å². The predicted octanol–water partition coefficient (Wildman–Crippen LogP) is 4.14. The van der Waals surface area contributed by atoms with Crippen LogP contribution in [0, 0.1) is 20.8 Å². The van der Waals surface area contributed by atoms with Gasteiger partial charge in [0.2, 0.25) is 0 Å². The van der Waals surface area contributed by atoms with E-state index in [-0.39, 0.29) is 5.91 Å². The summed E-state index contributed by atoms with van der Waals surface area (Å²) in [6.07, 6.45) is 2.08. The van der Waals surface area contributed by atoms with Crippen LogP contribution < -0.4 is 5.32 Å². The lowest BCUT2D eigenvalue weighted by atomic mass is 10.2. The largest absolute Gasteiger partial charge is 0.347 e. The minimum Gasteiger partial charge on any atom is -0.347 e. The Morgan fingerprint density at radius 1 is 1.19 bits per heavy atom. The van der Waals surface area contributed by atoms with Gasteiger partial charge in [0.05, 0.1) is 28.6 Å². The highest BCUT2D eigenvalue weighted by Gasteiger charge is 2.11. The Morgan fingerprint density at radius 3 is 2.54 bits per heavy atom. The Balaban J connectivity index is 1.66. The van der Waals surface area contributed by atoms with Crippen LogP contribution in [-0.2, 0) is 13.0 Å². The molecule has 2 aromatic heterocycles. The van der Waals surface area contributed by atoms with Gasteiger partial charge in [-0.15, -0.1) is 11.3 Å². The topological polar surface area (TPSA) is 59.8 Å². The van der Waals surface area contributed by atoms with E-state index in [1.54, 1.807) is 11.3 Å². The van der Waals surface area contributed by atoms with Gasteiger partial charge in [-0.3, -0.25) is 4.79 Å². The fourth-order valence-electron chi connectivity index (χ4n) is 2.88. The van der Waals surface area contributed by atoms with Gasteiger partial charge < -0.3 is 5.32 Å². The van der Waals surface area contributed by atoms with Crippen molar-refractivity contribution in [2.45, 2.75) is 47.1 Å². The summed E-state index contributed by atoms with van der Waals surface area (Å²) in [6, 6.07) is 9.55. The molecule has 0 aliphatic rings. The number of carbonyl (C=O) groups is 1. The van der Waals surface area contributed by atoms with Crippen molar-refractivity contribution in [3.63, 3.8) is 0 Å². The number of rotatable bonds is 6. The van der Waals surface area contributed by atoms with E-state index in [1.807, 2.05) is 55.8 Å². The first-order valence-corrected chi connectivity index (χ1v) is 9.66. The van der Waals surface area contributed by atoms with Gasteiger partial charge in [-0.05, 0) is 63.9 Å². The first kappa shape index (κ1) is 18.3. The molecule has 2 heterocycles. The number of hydrogen-bond acceptors (Lipinski definition) is 4. The van der Waals surface area contributed by atoms with Gasteiger partial charge in [0.1, 0.15) is 0 Å². The SMILES string of the molecule is CCCc1nc(C)c(CNC(=O)c2ccc(-n3nc(C)cc3C)cc2)s1. The number of thiazole rings is 1. The van der Waals surface area contributed by atoms with Crippen LogP contribution in [0.4, 0.5) is 0 Å². The highest BCUT2D eigenvalue weighted by molar-refractivity contribution is 7.11. The second kappa shape index (κ2) is 7.83. The molecule has 3 rings (SSSR count). The van der Waals surface area contributed by atoms with Crippen molar-refractivity contribution in [1.29, 1.82) is 0 Å². The van der Waals surface area contributed by atoms with Gasteiger partial charge in [0, 0.05) is 16.1 Å². The second-order valence-electron chi connectivity index (χ2n) is 6.43. The van der Waals surface area contributed by atoms with Crippen molar-refractivity contribution in [1.82, 2.24) is 20.1 Å². The third kappa shape index (κ3) is 4.02. The minimum atomic E-state index is -0.0743. The maximum Gasteiger partial charge on any atom is 0.251 e. The Hall–Kier alpha value is -2.47. The zero-order valence-corrected chi connectivity index (χ0v) is 16.5. The smallest absolute Gasteiger partial charge is 0.251 e. The summed E-state index contributed by atoms with van der Waals surface area (Å²) in [5.74, 6) is -0.0743. The summed E-state index contributed by atoms with van der Waals surface area (Å²) in [7, 11) is 0. The first-order chi connectivity index (χ1) is 12.5. The lowest BCUT2D eigenvalue weighted by Gasteiger charge is -2.07. The summed E-state index contributed by atoms with van der Waals surface area (Å²) in [5.41, 5.74) is 4.66. The lowest BCUT2D eigenvalue weighted by molar-refractivity contribution is 0.0951. The molecule has 0 aliphatic heterocycles. The van der Waals surface area contributed by atoms with E-state index in [0.717, 1.165) is 45.5 Å². The average Bonchev–Trinajstić information content (AvgIpc) is 3.14. The molecule has 3 aromatic rings. The summed E-state index contributed by atoms with van der Waals surface area (Å²) < 4.78 is 1.88. The molecule has 0 saturated carbocycles. The predicted molar refractivity (Wildman–Crippen MR) is 105 cm³/mol. The molecule has 0 bridgehead atoms. The van der Waals surface area contributed by atoms with Gasteiger partial charge in [-0.2, -0.15) is 5.10 Å². The fraction of sp³-hybridized carbons (Fsp3) is 0.350. The molecule has 1 aromatic carbocycles. The van der Waals surface area contributed by atoms with E-state index in [4.69, 9.17) is 0 Å². The Labute approximate surface area is 158 Å². The summed E-state index contributed by atoms with van der Waals surface area (Å²) in [5, 5.41) is 8.61. The Bertz CT molecular complexity index is 909. The Kier molecular flexibility index (Phi) is 5.52. The molecule has 26 heavy (non-hydrogen) atoms. The molecule has 0 unspecified atom stereocenters. The molecule has 0 spiro atoms. The number of aromatic nitrogens is 3. The summed E-state index contributed by atoms with van der Waals surface area (Å²) in [4.78, 5) is 18.1. The molecule has 0 radical (unpaired) electrons. The standard InChI is InChI=1S/C20H24N4OS/c1-5-6-19-22-15(4)18(26-19)12-21-20(25)16-7-9-17(10-8-16)24-14(3)11-13(2)23-24/h7-11H,5-6,12H2,1-4H3,(H,21,25). The van der Waals surface area contributed by atoms with Crippen molar-refractivity contribution < 1.29 is 4.79 Å². The molecule has 0 saturated heterocycles. The molecule has 1 amide bonds. The zero-order valence-electron chi connectivity index (χ0n) is 15.7.